The van der Waals surface area contributed by atoms with Crippen molar-refractivity contribution in [1.82, 2.24) is 4.90 Å². The van der Waals surface area contributed by atoms with Crippen LogP contribution < -0.4 is 0 Å². The Morgan fingerprint density at radius 1 is 1.00 bits per heavy atom. The van der Waals surface area contributed by atoms with Crippen molar-refractivity contribution in [2.45, 2.75) is 76.7 Å². The molecule has 3 heteroatoms. The third-order valence-corrected chi connectivity index (χ3v) is 5.07. The van der Waals surface area contributed by atoms with Crippen LogP contribution in [0.2, 0.25) is 0 Å². The van der Waals surface area contributed by atoms with Gasteiger partial charge in [-0.2, -0.15) is 0 Å². The van der Waals surface area contributed by atoms with Crippen LogP contribution in [-0.2, 0) is 4.79 Å². The topological polar surface area (TPSA) is 20.3 Å². The van der Waals surface area contributed by atoms with Crippen LogP contribution in [0.1, 0.15) is 70.6 Å². The van der Waals surface area contributed by atoms with Crippen LogP contribution in [-0.4, -0.2) is 29.3 Å². The number of amides is 1. The Labute approximate surface area is 122 Å². The standard InChI is InChI=1S/C16H28ClNO/c17-12-13-18(15-8-2-1-3-9-15)16(19)11-10-14-6-4-5-7-14/h14-15H,1-13H2. The van der Waals surface area contributed by atoms with Gasteiger partial charge >= 0.3 is 0 Å². The summed E-state index contributed by atoms with van der Waals surface area (Å²) in [6.07, 6.45) is 13.5. The van der Waals surface area contributed by atoms with E-state index < -0.39 is 0 Å². The summed E-state index contributed by atoms with van der Waals surface area (Å²) in [6.45, 7) is 0.746. The van der Waals surface area contributed by atoms with E-state index in [1.807, 2.05) is 0 Å². The summed E-state index contributed by atoms with van der Waals surface area (Å²) in [5.74, 6) is 1.75. The lowest BCUT2D eigenvalue weighted by molar-refractivity contribution is -0.134. The first kappa shape index (κ1) is 15.2. The normalized spacial score (nSPS) is 21.7. The number of carbonyl (C=O) groups is 1. The van der Waals surface area contributed by atoms with Gasteiger partial charge in [-0.05, 0) is 25.2 Å². The van der Waals surface area contributed by atoms with Crippen LogP contribution in [0, 0.1) is 5.92 Å². The highest BCUT2D eigenvalue weighted by atomic mass is 35.5. The van der Waals surface area contributed by atoms with E-state index in [0.717, 1.165) is 25.3 Å². The van der Waals surface area contributed by atoms with Gasteiger partial charge in [0.05, 0.1) is 0 Å². The Morgan fingerprint density at radius 3 is 2.26 bits per heavy atom. The minimum absolute atomic E-state index is 0.361. The van der Waals surface area contributed by atoms with E-state index in [1.54, 1.807) is 0 Å². The molecule has 110 valence electrons. The summed E-state index contributed by atoms with van der Waals surface area (Å²) in [4.78, 5) is 14.6. The van der Waals surface area contributed by atoms with Crippen molar-refractivity contribution < 1.29 is 4.79 Å². The fourth-order valence-electron chi connectivity index (χ4n) is 3.76. The molecule has 0 radical (unpaired) electrons. The summed E-state index contributed by atoms with van der Waals surface area (Å²) in [6, 6.07) is 0.476. The fraction of sp³-hybridized carbons (Fsp3) is 0.938. The molecule has 2 nitrogen and oxygen atoms in total. The molecule has 0 heterocycles. The molecule has 0 N–H and O–H groups in total. The molecule has 19 heavy (non-hydrogen) atoms. The zero-order valence-corrected chi connectivity index (χ0v) is 12.8. The number of alkyl halides is 1. The lowest BCUT2D eigenvalue weighted by atomic mass is 9.93. The minimum Gasteiger partial charge on any atom is -0.339 e. The lowest BCUT2D eigenvalue weighted by Crippen LogP contribution is -2.42. The van der Waals surface area contributed by atoms with E-state index in [0.29, 0.717) is 17.8 Å². The van der Waals surface area contributed by atoms with Crippen LogP contribution >= 0.6 is 11.6 Å². The highest BCUT2D eigenvalue weighted by molar-refractivity contribution is 6.18. The van der Waals surface area contributed by atoms with Gasteiger partial charge in [0, 0.05) is 24.9 Å². The maximum absolute atomic E-state index is 12.5. The molecule has 0 atom stereocenters. The van der Waals surface area contributed by atoms with Crippen LogP contribution in [0.25, 0.3) is 0 Å². The number of hydrogen-bond acceptors (Lipinski definition) is 1. The van der Waals surface area contributed by atoms with Gasteiger partial charge in [0.15, 0.2) is 0 Å². The second kappa shape index (κ2) is 8.14. The second-order valence-electron chi connectivity index (χ2n) is 6.26. The van der Waals surface area contributed by atoms with E-state index in [-0.39, 0.29) is 0 Å². The second-order valence-corrected chi connectivity index (χ2v) is 6.64. The third kappa shape index (κ3) is 4.66. The summed E-state index contributed by atoms with van der Waals surface area (Å²) in [5.41, 5.74) is 0. The molecule has 2 fully saturated rings. The Hall–Kier alpha value is -0.240. The molecule has 0 aromatic rings. The van der Waals surface area contributed by atoms with Crippen LogP contribution in [0.5, 0.6) is 0 Å². The molecule has 1 amide bonds. The molecule has 0 spiro atoms. The van der Waals surface area contributed by atoms with Crippen molar-refractivity contribution in [3.63, 3.8) is 0 Å². The van der Waals surface area contributed by atoms with Crippen molar-refractivity contribution >= 4 is 17.5 Å². The summed E-state index contributed by atoms with van der Waals surface area (Å²) in [7, 11) is 0. The molecular weight excluding hydrogens is 258 g/mol. The van der Waals surface area contributed by atoms with Gasteiger partial charge in [-0.3, -0.25) is 4.79 Å². The largest absolute Gasteiger partial charge is 0.339 e. The first-order valence-electron chi connectivity index (χ1n) is 8.16. The SMILES string of the molecule is O=C(CCC1CCCC1)N(CCCl)C1CCCCC1. The first-order chi connectivity index (χ1) is 9.31. The van der Waals surface area contributed by atoms with Crippen molar-refractivity contribution in [2.24, 2.45) is 5.92 Å². The Balaban J connectivity index is 1.80. The summed E-state index contributed by atoms with van der Waals surface area (Å²) in [5, 5.41) is 0. The van der Waals surface area contributed by atoms with Crippen molar-refractivity contribution in [3.8, 4) is 0 Å². The molecule has 0 bridgehead atoms. The number of hydrogen-bond donors (Lipinski definition) is 0. The molecule has 0 unspecified atom stereocenters. The van der Waals surface area contributed by atoms with E-state index in [1.165, 1.54) is 57.8 Å². The molecule has 0 aliphatic heterocycles. The quantitative estimate of drug-likeness (QED) is 0.664. The number of nitrogens with zero attached hydrogens (tertiary/aromatic N) is 1. The predicted octanol–water partition coefficient (Wildman–Crippen LogP) is 4.36. The third-order valence-electron chi connectivity index (χ3n) is 4.90. The average Bonchev–Trinajstić information content (AvgIpc) is 2.96. The van der Waals surface area contributed by atoms with Gasteiger partial charge < -0.3 is 4.90 Å². The van der Waals surface area contributed by atoms with E-state index in [9.17, 15) is 4.79 Å². The van der Waals surface area contributed by atoms with Gasteiger partial charge in [0.25, 0.3) is 0 Å². The molecule has 0 aromatic carbocycles. The van der Waals surface area contributed by atoms with Gasteiger partial charge in [0.2, 0.25) is 5.91 Å². The first-order valence-corrected chi connectivity index (χ1v) is 8.70. The molecule has 2 saturated carbocycles. The van der Waals surface area contributed by atoms with Crippen molar-refractivity contribution in [2.75, 3.05) is 12.4 Å². The smallest absolute Gasteiger partial charge is 0.222 e. The molecule has 2 aliphatic carbocycles. The van der Waals surface area contributed by atoms with Gasteiger partial charge in [0.1, 0.15) is 0 Å². The number of rotatable bonds is 6. The van der Waals surface area contributed by atoms with Crippen LogP contribution in [0.3, 0.4) is 0 Å². The lowest BCUT2D eigenvalue weighted by Gasteiger charge is -2.34. The average molecular weight is 286 g/mol. The van der Waals surface area contributed by atoms with Crippen molar-refractivity contribution in [1.29, 1.82) is 0 Å². The maximum Gasteiger partial charge on any atom is 0.222 e. The number of halogens is 1. The van der Waals surface area contributed by atoms with E-state index >= 15 is 0 Å². The Kier molecular flexibility index (Phi) is 6.49. The molecule has 2 aliphatic rings. The molecular formula is C16H28ClNO. The summed E-state index contributed by atoms with van der Waals surface area (Å²) < 4.78 is 0. The van der Waals surface area contributed by atoms with Crippen LogP contribution in [0.15, 0.2) is 0 Å². The monoisotopic (exact) mass is 285 g/mol. The molecule has 0 saturated heterocycles. The van der Waals surface area contributed by atoms with Crippen LogP contribution in [0.4, 0.5) is 0 Å². The molecule has 0 aromatic heterocycles. The highest BCUT2D eigenvalue weighted by Gasteiger charge is 2.25. The zero-order chi connectivity index (χ0) is 13.5. The number of carbonyl (C=O) groups excluding carboxylic acids is 1. The van der Waals surface area contributed by atoms with Gasteiger partial charge in [-0.15, -0.1) is 11.6 Å². The minimum atomic E-state index is 0.361. The predicted molar refractivity (Wildman–Crippen MR) is 80.5 cm³/mol. The van der Waals surface area contributed by atoms with Gasteiger partial charge in [-0.1, -0.05) is 44.9 Å². The zero-order valence-electron chi connectivity index (χ0n) is 12.1. The van der Waals surface area contributed by atoms with Gasteiger partial charge in [-0.25, -0.2) is 0 Å². The Bertz CT molecular complexity index is 270. The Morgan fingerprint density at radius 2 is 1.63 bits per heavy atom. The maximum atomic E-state index is 12.5. The fourth-order valence-corrected chi connectivity index (χ4v) is 3.95. The highest BCUT2D eigenvalue weighted by Crippen LogP contribution is 2.29. The summed E-state index contributed by atoms with van der Waals surface area (Å²) >= 11 is 5.89. The van der Waals surface area contributed by atoms with E-state index in [2.05, 4.69) is 4.90 Å². The molecule has 2 rings (SSSR count). The van der Waals surface area contributed by atoms with Crippen molar-refractivity contribution in [3.05, 3.63) is 0 Å². The van der Waals surface area contributed by atoms with E-state index in [4.69, 9.17) is 11.6 Å².